The van der Waals surface area contributed by atoms with Crippen molar-refractivity contribution in [2.24, 2.45) is 11.8 Å². The van der Waals surface area contributed by atoms with Crippen LogP contribution in [-0.4, -0.2) is 18.1 Å². The van der Waals surface area contributed by atoms with Crippen LogP contribution in [0, 0.1) is 11.8 Å². The molecule has 0 bridgehead atoms. The highest BCUT2D eigenvalue weighted by Gasteiger charge is 2.30. The molecule has 3 rings (SSSR count). The van der Waals surface area contributed by atoms with Crippen molar-refractivity contribution < 1.29 is 0 Å². The summed E-state index contributed by atoms with van der Waals surface area (Å²) in [6.07, 6.45) is 7.42. The molecule has 2 aliphatic carbocycles. The van der Waals surface area contributed by atoms with Crippen LogP contribution in [0.4, 0.5) is 5.82 Å². The molecule has 0 unspecified atom stereocenters. The van der Waals surface area contributed by atoms with Gasteiger partial charge in [-0.3, -0.25) is 0 Å². The third-order valence-electron chi connectivity index (χ3n) is 3.70. The van der Waals surface area contributed by atoms with E-state index in [4.69, 9.17) is 11.6 Å². The van der Waals surface area contributed by atoms with Gasteiger partial charge in [-0.25, -0.2) is 4.98 Å². The lowest BCUT2D eigenvalue weighted by Gasteiger charge is -2.25. The first-order chi connectivity index (χ1) is 8.76. The zero-order valence-electron chi connectivity index (χ0n) is 10.4. The van der Waals surface area contributed by atoms with E-state index in [1.165, 1.54) is 25.7 Å². The second-order valence-electron chi connectivity index (χ2n) is 5.56. The number of anilines is 1. The van der Waals surface area contributed by atoms with Crippen molar-refractivity contribution in [2.75, 3.05) is 18.0 Å². The van der Waals surface area contributed by atoms with Gasteiger partial charge in [0.2, 0.25) is 0 Å². The lowest BCUT2D eigenvalue weighted by Crippen LogP contribution is -2.29. The van der Waals surface area contributed by atoms with E-state index in [0.717, 1.165) is 40.8 Å². The van der Waals surface area contributed by atoms with Crippen LogP contribution in [0.3, 0.4) is 0 Å². The van der Waals surface area contributed by atoms with Crippen molar-refractivity contribution >= 4 is 33.3 Å². The highest BCUT2D eigenvalue weighted by atomic mass is 79.9. The fraction of sp³-hybridized carbons (Fsp3) is 0.643. The maximum Gasteiger partial charge on any atom is 0.133 e. The van der Waals surface area contributed by atoms with Crippen LogP contribution in [-0.2, 0) is 5.88 Å². The molecule has 2 saturated carbocycles. The summed E-state index contributed by atoms with van der Waals surface area (Å²) in [5, 5.41) is 0. The molecule has 2 nitrogen and oxygen atoms in total. The van der Waals surface area contributed by atoms with Gasteiger partial charge in [0.25, 0.3) is 0 Å². The van der Waals surface area contributed by atoms with E-state index < -0.39 is 0 Å². The first-order valence-electron chi connectivity index (χ1n) is 6.71. The zero-order valence-corrected chi connectivity index (χ0v) is 12.8. The van der Waals surface area contributed by atoms with Gasteiger partial charge in [-0.1, -0.05) is 0 Å². The molecule has 0 saturated heterocycles. The molecule has 0 aliphatic heterocycles. The number of alkyl halides is 1. The van der Waals surface area contributed by atoms with Gasteiger partial charge in [-0.2, -0.15) is 0 Å². The molecule has 2 fully saturated rings. The minimum Gasteiger partial charge on any atom is -0.356 e. The molecule has 2 aliphatic rings. The van der Waals surface area contributed by atoms with Crippen LogP contribution in [0.2, 0.25) is 0 Å². The molecule has 98 valence electrons. The maximum absolute atomic E-state index is 6.06. The fourth-order valence-electron chi connectivity index (χ4n) is 2.33. The Morgan fingerprint density at radius 1 is 1.22 bits per heavy atom. The third-order valence-corrected chi connectivity index (χ3v) is 4.43. The van der Waals surface area contributed by atoms with Gasteiger partial charge in [-0.05, 0) is 59.5 Å². The molecule has 0 amide bonds. The van der Waals surface area contributed by atoms with Crippen LogP contribution in [0.15, 0.2) is 16.7 Å². The lowest BCUT2D eigenvalue weighted by atomic mass is 10.2. The number of hydrogen-bond acceptors (Lipinski definition) is 2. The Hall–Kier alpha value is -0.280. The standard InChI is InChI=1S/C14H18BrClN2/c15-13-5-12(6-16)14(17-7-13)18(8-10-1-2-10)9-11-3-4-11/h5,7,10-11H,1-4,6,8-9H2. The largest absolute Gasteiger partial charge is 0.356 e. The molecule has 0 radical (unpaired) electrons. The zero-order chi connectivity index (χ0) is 12.5. The second kappa shape index (κ2) is 5.38. The number of rotatable bonds is 6. The molecule has 1 heterocycles. The number of pyridine rings is 1. The Kier molecular flexibility index (Phi) is 3.81. The molecule has 0 atom stereocenters. The van der Waals surface area contributed by atoms with Crippen molar-refractivity contribution in [1.82, 2.24) is 4.98 Å². The summed E-state index contributed by atoms with van der Waals surface area (Å²) in [5.74, 6) is 3.41. The maximum atomic E-state index is 6.06. The van der Waals surface area contributed by atoms with Crippen LogP contribution in [0.1, 0.15) is 31.2 Å². The van der Waals surface area contributed by atoms with E-state index in [-0.39, 0.29) is 0 Å². The minimum absolute atomic E-state index is 0.535. The van der Waals surface area contributed by atoms with Gasteiger partial charge in [0, 0.05) is 29.3 Å². The van der Waals surface area contributed by atoms with Crippen LogP contribution in [0.25, 0.3) is 0 Å². The van der Waals surface area contributed by atoms with Crippen molar-refractivity contribution in [1.29, 1.82) is 0 Å². The monoisotopic (exact) mass is 328 g/mol. The molecular formula is C14H18BrClN2. The first kappa shape index (κ1) is 12.7. The van der Waals surface area contributed by atoms with Crippen molar-refractivity contribution in [2.45, 2.75) is 31.6 Å². The normalized spacial score (nSPS) is 19.0. The van der Waals surface area contributed by atoms with E-state index in [1.54, 1.807) is 0 Å². The predicted molar refractivity (Wildman–Crippen MR) is 79.2 cm³/mol. The van der Waals surface area contributed by atoms with E-state index in [0.29, 0.717) is 5.88 Å². The highest BCUT2D eigenvalue weighted by molar-refractivity contribution is 9.10. The summed E-state index contributed by atoms with van der Waals surface area (Å²) >= 11 is 9.54. The van der Waals surface area contributed by atoms with Gasteiger partial charge < -0.3 is 4.90 Å². The van der Waals surface area contributed by atoms with Crippen molar-refractivity contribution in [3.05, 3.63) is 22.3 Å². The summed E-state index contributed by atoms with van der Waals surface area (Å²) in [7, 11) is 0. The average molecular weight is 330 g/mol. The van der Waals surface area contributed by atoms with Crippen LogP contribution in [0.5, 0.6) is 0 Å². The topological polar surface area (TPSA) is 16.1 Å². The van der Waals surface area contributed by atoms with Crippen LogP contribution < -0.4 is 4.90 Å². The molecular weight excluding hydrogens is 312 g/mol. The third kappa shape index (κ3) is 3.18. The molecule has 18 heavy (non-hydrogen) atoms. The van der Waals surface area contributed by atoms with E-state index in [9.17, 15) is 0 Å². The Bertz CT molecular complexity index is 416. The van der Waals surface area contributed by atoms with Gasteiger partial charge >= 0.3 is 0 Å². The van der Waals surface area contributed by atoms with Gasteiger partial charge in [0.1, 0.15) is 5.82 Å². The molecule has 1 aromatic rings. The molecule has 1 aromatic heterocycles. The molecule has 0 N–H and O–H groups in total. The fourth-order valence-corrected chi connectivity index (χ4v) is 2.90. The Morgan fingerprint density at radius 2 is 1.83 bits per heavy atom. The summed E-state index contributed by atoms with van der Waals surface area (Å²) in [4.78, 5) is 7.08. The average Bonchev–Trinajstić information content (AvgIpc) is 3.23. The molecule has 4 heteroatoms. The quantitative estimate of drug-likeness (QED) is 0.727. The van der Waals surface area contributed by atoms with E-state index in [1.807, 2.05) is 6.20 Å². The Labute approximate surface area is 122 Å². The van der Waals surface area contributed by atoms with Crippen LogP contribution >= 0.6 is 27.5 Å². The number of aromatic nitrogens is 1. The van der Waals surface area contributed by atoms with Crippen molar-refractivity contribution in [3.8, 4) is 0 Å². The summed E-state index contributed by atoms with van der Waals surface area (Å²) < 4.78 is 1.01. The summed E-state index contributed by atoms with van der Waals surface area (Å²) in [5.41, 5.74) is 1.15. The van der Waals surface area contributed by atoms with Gasteiger partial charge in [0.15, 0.2) is 0 Å². The smallest absolute Gasteiger partial charge is 0.133 e. The number of hydrogen-bond donors (Lipinski definition) is 0. The first-order valence-corrected chi connectivity index (χ1v) is 8.04. The lowest BCUT2D eigenvalue weighted by molar-refractivity contribution is 0.669. The number of nitrogens with zero attached hydrogens (tertiary/aromatic N) is 2. The number of halogens is 2. The molecule has 0 aromatic carbocycles. The summed E-state index contributed by atoms with van der Waals surface area (Å²) in [6.45, 7) is 2.32. The van der Waals surface area contributed by atoms with E-state index in [2.05, 4.69) is 31.9 Å². The second-order valence-corrected chi connectivity index (χ2v) is 6.74. The Morgan fingerprint density at radius 3 is 2.33 bits per heavy atom. The van der Waals surface area contributed by atoms with E-state index >= 15 is 0 Å². The minimum atomic E-state index is 0.535. The Balaban J connectivity index is 1.81. The SMILES string of the molecule is ClCc1cc(Br)cnc1N(CC1CC1)CC1CC1. The van der Waals surface area contributed by atoms with Crippen molar-refractivity contribution in [3.63, 3.8) is 0 Å². The molecule has 0 spiro atoms. The highest BCUT2D eigenvalue weighted by Crippen LogP contribution is 2.36. The summed E-state index contributed by atoms with van der Waals surface area (Å²) in [6, 6.07) is 2.10. The predicted octanol–water partition coefficient (Wildman–Crippen LogP) is 4.21. The van der Waals surface area contributed by atoms with Gasteiger partial charge in [-0.15, -0.1) is 11.6 Å². The van der Waals surface area contributed by atoms with Gasteiger partial charge in [0.05, 0.1) is 5.88 Å².